The Labute approximate surface area is 386 Å². The van der Waals surface area contributed by atoms with E-state index < -0.39 is 8.07 Å². The minimum Gasteiger partial charge on any atom is -0.0776 e. The van der Waals surface area contributed by atoms with E-state index in [4.69, 9.17) is 0 Å². The molecule has 0 heterocycles. The average Bonchev–Trinajstić information content (AvgIpc) is 3.61. The topological polar surface area (TPSA) is 0 Å². The molecule has 0 atom stereocenters. The lowest BCUT2D eigenvalue weighted by Crippen LogP contribution is -2.69. The fourth-order valence-corrected chi connectivity index (χ4v) is 16.2. The maximum Gasteiger partial charge on any atom is 0.176 e. The summed E-state index contributed by atoms with van der Waals surface area (Å²) in [6, 6.07) is 24.8. The SMILES string of the molecule is CCCCCCc1cc(CCCCCC)cc([Si](C2=C(C)C(C)=CC2)(c2cc(CCCCCC)cc(CCCCCC)c2)c2cc(CCCCCC)cc(CCCCCC)c2)c1. The highest BCUT2D eigenvalue weighted by Crippen LogP contribution is 2.35. The van der Waals surface area contributed by atoms with E-state index in [0.717, 1.165) is 6.42 Å². The van der Waals surface area contributed by atoms with Gasteiger partial charge < -0.3 is 0 Å². The van der Waals surface area contributed by atoms with Crippen molar-refractivity contribution in [3.8, 4) is 0 Å². The Balaban J connectivity index is 2.13. The Kier molecular flexibility index (Phi) is 24.9. The molecule has 0 spiro atoms. The van der Waals surface area contributed by atoms with Crippen molar-refractivity contribution in [3.63, 3.8) is 0 Å². The van der Waals surface area contributed by atoms with Gasteiger partial charge in [-0.2, -0.15) is 0 Å². The number of hydrogen-bond acceptors (Lipinski definition) is 0. The zero-order valence-electron chi connectivity index (χ0n) is 42.2. The van der Waals surface area contributed by atoms with Crippen LogP contribution in [0.5, 0.6) is 0 Å². The Hall–Kier alpha value is -2.64. The van der Waals surface area contributed by atoms with Gasteiger partial charge in [0.25, 0.3) is 0 Å². The molecular formula is C61H96Si. The summed E-state index contributed by atoms with van der Waals surface area (Å²) in [5.74, 6) is 0. The third-order valence-corrected chi connectivity index (χ3v) is 19.4. The van der Waals surface area contributed by atoms with Crippen molar-refractivity contribution in [2.24, 2.45) is 0 Å². The first-order valence-electron chi connectivity index (χ1n) is 27.1. The number of hydrogen-bond donors (Lipinski definition) is 0. The molecule has 344 valence electrons. The van der Waals surface area contributed by atoms with Gasteiger partial charge in [0.05, 0.1) is 0 Å². The molecule has 3 aromatic rings. The first-order valence-corrected chi connectivity index (χ1v) is 29.1. The summed E-state index contributed by atoms with van der Waals surface area (Å²) in [4.78, 5) is 0. The van der Waals surface area contributed by atoms with E-state index in [0.29, 0.717) is 0 Å². The minimum atomic E-state index is -2.78. The van der Waals surface area contributed by atoms with Gasteiger partial charge in [0, 0.05) is 0 Å². The van der Waals surface area contributed by atoms with Crippen LogP contribution in [0.1, 0.15) is 249 Å². The third-order valence-electron chi connectivity index (χ3n) is 14.5. The van der Waals surface area contributed by atoms with Crippen LogP contribution >= 0.6 is 0 Å². The fourth-order valence-electron chi connectivity index (χ4n) is 10.6. The predicted octanol–water partition coefficient (Wildman–Crippen LogP) is 17.1. The maximum atomic E-state index is 2.80. The molecule has 0 fully saturated rings. The quantitative estimate of drug-likeness (QED) is 0.0319. The summed E-state index contributed by atoms with van der Waals surface area (Å²) in [6.45, 7) is 19.1. The van der Waals surface area contributed by atoms with Crippen LogP contribution in [0.25, 0.3) is 0 Å². The van der Waals surface area contributed by atoms with Crippen LogP contribution < -0.4 is 15.6 Å². The minimum absolute atomic E-state index is 1.09. The summed E-state index contributed by atoms with van der Waals surface area (Å²) in [5.41, 5.74) is 12.7. The first-order chi connectivity index (χ1) is 30.3. The van der Waals surface area contributed by atoms with E-state index in [2.05, 4.69) is 116 Å². The maximum absolute atomic E-state index is 2.80. The smallest absolute Gasteiger partial charge is 0.0776 e. The van der Waals surface area contributed by atoms with Gasteiger partial charge in [0.2, 0.25) is 0 Å². The molecule has 0 bridgehead atoms. The van der Waals surface area contributed by atoms with Crippen LogP contribution in [0.4, 0.5) is 0 Å². The number of aryl methyl sites for hydroxylation is 6. The molecule has 0 nitrogen and oxygen atoms in total. The van der Waals surface area contributed by atoms with Gasteiger partial charge in [-0.3, -0.25) is 0 Å². The van der Waals surface area contributed by atoms with Crippen LogP contribution in [0.2, 0.25) is 0 Å². The largest absolute Gasteiger partial charge is 0.176 e. The molecule has 3 aromatic carbocycles. The molecule has 62 heavy (non-hydrogen) atoms. The van der Waals surface area contributed by atoms with E-state index in [1.165, 1.54) is 198 Å². The van der Waals surface area contributed by atoms with Crippen molar-refractivity contribution in [2.45, 2.75) is 254 Å². The van der Waals surface area contributed by atoms with Crippen LogP contribution in [0, 0.1) is 0 Å². The van der Waals surface area contributed by atoms with E-state index in [9.17, 15) is 0 Å². The zero-order chi connectivity index (χ0) is 44.4. The molecule has 0 aromatic heterocycles. The van der Waals surface area contributed by atoms with Crippen molar-refractivity contribution in [2.75, 3.05) is 0 Å². The van der Waals surface area contributed by atoms with E-state index >= 15 is 0 Å². The second kappa shape index (κ2) is 29.7. The van der Waals surface area contributed by atoms with Crippen molar-refractivity contribution >= 4 is 23.6 Å². The van der Waals surface area contributed by atoms with Gasteiger partial charge >= 0.3 is 0 Å². The van der Waals surface area contributed by atoms with E-state index in [1.54, 1.807) is 59.7 Å². The molecule has 1 aliphatic rings. The van der Waals surface area contributed by atoms with Gasteiger partial charge in [-0.15, -0.1) is 0 Å². The molecule has 0 saturated carbocycles. The summed E-state index contributed by atoms with van der Waals surface area (Å²) in [7, 11) is -2.78. The van der Waals surface area contributed by atoms with Gasteiger partial charge in [-0.1, -0.05) is 234 Å². The highest BCUT2D eigenvalue weighted by molar-refractivity contribution is 7.16. The van der Waals surface area contributed by atoms with Crippen molar-refractivity contribution in [3.05, 3.63) is 110 Å². The second-order valence-electron chi connectivity index (χ2n) is 19.9. The normalized spacial score (nSPS) is 13.1. The molecule has 0 N–H and O–H groups in total. The first kappa shape index (κ1) is 52.0. The summed E-state index contributed by atoms with van der Waals surface area (Å²) in [6.07, 6.45) is 42.6. The van der Waals surface area contributed by atoms with Crippen LogP contribution in [0.15, 0.2) is 77.0 Å². The highest BCUT2D eigenvalue weighted by atomic mass is 28.3. The lowest BCUT2D eigenvalue weighted by atomic mass is 10.00. The van der Waals surface area contributed by atoms with Crippen LogP contribution in [-0.2, 0) is 38.5 Å². The lowest BCUT2D eigenvalue weighted by Gasteiger charge is -2.38. The number of benzene rings is 3. The molecule has 0 amide bonds. The molecule has 4 rings (SSSR count). The average molecular weight is 858 g/mol. The van der Waals surface area contributed by atoms with Crippen molar-refractivity contribution in [1.29, 1.82) is 0 Å². The van der Waals surface area contributed by atoms with Gasteiger partial charge in [0.15, 0.2) is 8.07 Å². The highest BCUT2D eigenvalue weighted by Gasteiger charge is 2.46. The molecule has 0 saturated heterocycles. The standard InChI is InChI=1S/C61H96Si/c1-9-15-21-27-33-52-41-53(34-28-22-16-10-2)45-58(44-52)62(61-40-39-50(7)51(61)8,59-46-54(35-29-23-17-11-3)42-55(47-59)36-30-24-18-12-4)60-48-56(37-31-25-19-13-5)43-57(49-60)38-32-26-20-14-6/h39,41-49H,9-38,40H2,1-8H3. The number of rotatable bonds is 34. The van der Waals surface area contributed by atoms with Crippen LogP contribution in [0.3, 0.4) is 0 Å². The Bertz CT molecular complexity index is 1500. The van der Waals surface area contributed by atoms with E-state index in [-0.39, 0.29) is 0 Å². The van der Waals surface area contributed by atoms with E-state index in [1.807, 2.05) is 0 Å². The Morgan fingerprint density at radius 2 is 0.565 bits per heavy atom. The molecule has 1 heteroatoms. The molecule has 0 aliphatic heterocycles. The summed E-state index contributed by atoms with van der Waals surface area (Å²) >= 11 is 0. The van der Waals surface area contributed by atoms with Crippen molar-refractivity contribution < 1.29 is 0 Å². The molecule has 1 aliphatic carbocycles. The monoisotopic (exact) mass is 857 g/mol. The Morgan fingerprint density at radius 3 is 0.758 bits per heavy atom. The molecule has 0 radical (unpaired) electrons. The second-order valence-corrected chi connectivity index (χ2v) is 23.8. The zero-order valence-corrected chi connectivity index (χ0v) is 43.2. The fraction of sp³-hybridized carbons (Fsp3) is 0.639. The predicted molar refractivity (Wildman–Crippen MR) is 282 cm³/mol. The van der Waals surface area contributed by atoms with Crippen molar-refractivity contribution in [1.82, 2.24) is 0 Å². The van der Waals surface area contributed by atoms with Gasteiger partial charge in [-0.05, 0) is 146 Å². The number of unbranched alkanes of at least 4 members (excludes halogenated alkanes) is 18. The van der Waals surface area contributed by atoms with Gasteiger partial charge in [0.1, 0.15) is 0 Å². The van der Waals surface area contributed by atoms with Crippen LogP contribution in [-0.4, -0.2) is 8.07 Å². The number of allylic oxidation sites excluding steroid dienone is 4. The summed E-state index contributed by atoms with van der Waals surface area (Å²) in [5, 5.41) is 6.84. The molecular weight excluding hydrogens is 761 g/mol. The summed E-state index contributed by atoms with van der Waals surface area (Å²) < 4.78 is 0. The van der Waals surface area contributed by atoms with Gasteiger partial charge in [-0.25, -0.2) is 0 Å². The Morgan fingerprint density at radius 1 is 0.323 bits per heavy atom. The molecule has 0 unspecified atom stereocenters. The third kappa shape index (κ3) is 16.1. The lowest BCUT2D eigenvalue weighted by molar-refractivity contribution is 0.661.